The van der Waals surface area contributed by atoms with Crippen LogP contribution in [-0.2, 0) is 25.1 Å². The number of halogens is 1. The van der Waals surface area contributed by atoms with Crippen molar-refractivity contribution in [2.24, 2.45) is 0 Å². The van der Waals surface area contributed by atoms with Crippen LogP contribution in [0.4, 0.5) is 0 Å². The van der Waals surface area contributed by atoms with Gasteiger partial charge in [-0.2, -0.15) is 0 Å². The van der Waals surface area contributed by atoms with Gasteiger partial charge in [-0.1, -0.05) is 30.2 Å². The minimum absolute atomic E-state index is 0.0509. The van der Waals surface area contributed by atoms with E-state index < -0.39 is 21.2 Å². The normalized spacial score (nSPS) is 21.3. The van der Waals surface area contributed by atoms with E-state index in [1.54, 1.807) is 24.3 Å². The van der Waals surface area contributed by atoms with Crippen LogP contribution >= 0.6 is 11.6 Å². The molecule has 7 heteroatoms. The molecule has 0 radical (unpaired) electrons. The Morgan fingerprint density at radius 3 is 2.48 bits per heavy atom. The maximum atomic E-state index is 12.9. The Morgan fingerprint density at radius 1 is 1.20 bits per heavy atom. The van der Waals surface area contributed by atoms with E-state index >= 15 is 0 Å². The van der Waals surface area contributed by atoms with Crippen LogP contribution in [0.25, 0.3) is 0 Å². The molecule has 0 heterocycles. The highest BCUT2D eigenvalue weighted by Crippen LogP contribution is 2.29. The summed E-state index contributed by atoms with van der Waals surface area (Å²) in [6.45, 7) is 0.674. The summed E-state index contributed by atoms with van der Waals surface area (Å²) < 4.78 is 31.3. The molecule has 0 unspecified atom stereocenters. The summed E-state index contributed by atoms with van der Waals surface area (Å²) in [7, 11) is 0.530. The van der Waals surface area contributed by atoms with Crippen molar-refractivity contribution in [2.75, 3.05) is 20.6 Å². The third-order valence-electron chi connectivity index (χ3n) is 4.50. The molecule has 0 bridgehead atoms. The molecule has 0 aromatic heterocycles. The summed E-state index contributed by atoms with van der Waals surface area (Å²) in [4.78, 5) is 13.2. The van der Waals surface area contributed by atoms with Crippen LogP contribution in [0, 0.1) is 0 Å². The molecule has 1 aromatic rings. The highest BCUT2D eigenvalue weighted by molar-refractivity contribution is 7.91. The van der Waals surface area contributed by atoms with Gasteiger partial charge in [-0.3, -0.25) is 4.79 Å². The Kier molecular flexibility index (Phi) is 7.28. The van der Waals surface area contributed by atoms with Crippen molar-refractivity contribution in [1.29, 1.82) is 0 Å². The monoisotopic (exact) mass is 388 g/mol. The molecular formula is C18H27ClNO4S+. The SMILES string of the molecule is C[NH+](C)CCC(=O)O[C@H]1CCCC[C@@H]1S(=O)(=O)Cc1ccc(Cl)cc1. The predicted molar refractivity (Wildman–Crippen MR) is 98.5 cm³/mol. The van der Waals surface area contributed by atoms with Gasteiger partial charge < -0.3 is 9.64 Å². The second kappa shape index (κ2) is 9.01. The van der Waals surface area contributed by atoms with E-state index in [4.69, 9.17) is 16.3 Å². The largest absolute Gasteiger partial charge is 0.461 e. The Hall–Kier alpha value is -1.11. The number of sulfone groups is 1. The molecule has 1 N–H and O–H groups in total. The summed E-state index contributed by atoms with van der Waals surface area (Å²) in [5, 5.41) is -0.0405. The van der Waals surface area contributed by atoms with Crippen LogP contribution in [0.3, 0.4) is 0 Å². The molecule has 0 aliphatic heterocycles. The second-order valence-electron chi connectivity index (χ2n) is 6.99. The van der Waals surface area contributed by atoms with E-state index in [0.29, 0.717) is 36.4 Å². The lowest BCUT2D eigenvalue weighted by Crippen LogP contribution is -3.05. The average molecular weight is 389 g/mol. The lowest BCUT2D eigenvalue weighted by atomic mass is 9.97. The van der Waals surface area contributed by atoms with Crippen molar-refractivity contribution in [1.82, 2.24) is 0 Å². The van der Waals surface area contributed by atoms with Crippen LogP contribution in [0.2, 0.25) is 5.02 Å². The molecule has 1 aromatic carbocycles. The van der Waals surface area contributed by atoms with Gasteiger partial charge in [-0.25, -0.2) is 8.42 Å². The fraction of sp³-hybridized carbons (Fsp3) is 0.611. The molecule has 5 nitrogen and oxygen atoms in total. The van der Waals surface area contributed by atoms with Gasteiger partial charge in [-0.15, -0.1) is 0 Å². The number of ether oxygens (including phenoxy) is 1. The smallest absolute Gasteiger partial charge is 0.311 e. The Balaban J connectivity index is 2.04. The van der Waals surface area contributed by atoms with Crippen molar-refractivity contribution in [3.63, 3.8) is 0 Å². The van der Waals surface area contributed by atoms with Gasteiger partial charge in [-0.05, 0) is 37.0 Å². The van der Waals surface area contributed by atoms with E-state index in [9.17, 15) is 13.2 Å². The zero-order valence-corrected chi connectivity index (χ0v) is 16.4. The first-order chi connectivity index (χ1) is 11.8. The summed E-state index contributed by atoms with van der Waals surface area (Å²) in [5.41, 5.74) is 0.705. The van der Waals surface area contributed by atoms with Crippen molar-refractivity contribution >= 4 is 27.4 Å². The first-order valence-electron chi connectivity index (χ1n) is 8.72. The number of esters is 1. The summed E-state index contributed by atoms with van der Waals surface area (Å²) in [5.74, 6) is -0.357. The maximum Gasteiger partial charge on any atom is 0.311 e. The van der Waals surface area contributed by atoms with Gasteiger partial charge in [0, 0.05) is 5.02 Å². The molecule has 1 saturated carbocycles. The van der Waals surface area contributed by atoms with E-state index in [-0.39, 0.29) is 11.7 Å². The minimum Gasteiger partial charge on any atom is -0.461 e. The molecule has 1 aliphatic carbocycles. The fourth-order valence-electron chi connectivity index (χ4n) is 3.11. The van der Waals surface area contributed by atoms with E-state index in [1.165, 1.54) is 0 Å². The van der Waals surface area contributed by atoms with E-state index in [0.717, 1.165) is 17.7 Å². The molecule has 1 fully saturated rings. The molecule has 0 amide bonds. The quantitative estimate of drug-likeness (QED) is 0.721. The van der Waals surface area contributed by atoms with Gasteiger partial charge in [0.25, 0.3) is 0 Å². The van der Waals surface area contributed by atoms with Crippen molar-refractivity contribution in [3.05, 3.63) is 34.9 Å². The van der Waals surface area contributed by atoms with Crippen molar-refractivity contribution in [3.8, 4) is 0 Å². The lowest BCUT2D eigenvalue weighted by Gasteiger charge is -2.31. The summed E-state index contributed by atoms with van der Waals surface area (Å²) >= 11 is 5.86. The summed E-state index contributed by atoms with van der Waals surface area (Å²) in [6, 6.07) is 6.83. The van der Waals surface area contributed by atoms with Crippen LogP contribution < -0.4 is 4.90 Å². The van der Waals surface area contributed by atoms with Crippen LogP contribution in [0.15, 0.2) is 24.3 Å². The van der Waals surface area contributed by atoms with Gasteiger partial charge in [0.15, 0.2) is 9.84 Å². The van der Waals surface area contributed by atoms with E-state index in [2.05, 4.69) is 0 Å². The number of benzene rings is 1. The number of hydrogen-bond donors (Lipinski definition) is 1. The average Bonchev–Trinajstić information content (AvgIpc) is 2.55. The Morgan fingerprint density at radius 2 is 1.84 bits per heavy atom. The number of nitrogens with one attached hydrogen (secondary N) is 1. The number of carbonyl (C=O) groups is 1. The lowest BCUT2D eigenvalue weighted by molar-refractivity contribution is -0.857. The van der Waals surface area contributed by atoms with Gasteiger partial charge in [0.1, 0.15) is 6.10 Å². The Labute approximate surface area is 155 Å². The zero-order valence-electron chi connectivity index (χ0n) is 14.8. The van der Waals surface area contributed by atoms with Crippen LogP contribution in [0.1, 0.15) is 37.7 Å². The molecule has 25 heavy (non-hydrogen) atoms. The molecule has 140 valence electrons. The highest BCUT2D eigenvalue weighted by Gasteiger charge is 2.37. The third-order valence-corrected chi connectivity index (χ3v) is 6.95. The molecule has 0 saturated heterocycles. The zero-order chi connectivity index (χ0) is 18.4. The highest BCUT2D eigenvalue weighted by atomic mass is 35.5. The van der Waals surface area contributed by atoms with Crippen LogP contribution in [-0.4, -0.2) is 46.4 Å². The van der Waals surface area contributed by atoms with Gasteiger partial charge in [0.2, 0.25) is 0 Å². The molecule has 0 spiro atoms. The summed E-state index contributed by atoms with van der Waals surface area (Å²) in [6.07, 6.45) is 2.68. The topological polar surface area (TPSA) is 64.9 Å². The van der Waals surface area contributed by atoms with Crippen molar-refractivity contribution in [2.45, 2.75) is 49.2 Å². The third kappa shape index (κ3) is 6.28. The number of carbonyl (C=O) groups excluding carboxylic acids is 1. The van der Waals surface area contributed by atoms with Crippen LogP contribution in [0.5, 0.6) is 0 Å². The molecular weight excluding hydrogens is 362 g/mol. The molecule has 2 atom stereocenters. The van der Waals surface area contributed by atoms with E-state index in [1.807, 2.05) is 14.1 Å². The minimum atomic E-state index is -3.40. The standard InChI is InChI=1S/C18H26ClNO4S/c1-20(2)12-11-18(21)24-16-5-3-4-6-17(16)25(22,23)13-14-7-9-15(19)10-8-14/h7-10,16-17H,3-6,11-13H2,1-2H3/p+1/t16-,17-/m0/s1. The predicted octanol–water partition coefficient (Wildman–Crippen LogP) is 1.64. The second-order valence-corrected chi connectivity index (χ2v) is 9.65. The number of hydrogen-bond acceptors (Lipinski definition) is 4. The van der Waals surface area contributed by atoms with Gasteiger partial charge in [0.05, 0.1) is 38.1 Å². The molecule has 2 rings (SSSR count). The molecule has 1 aliphatic rings. The fourth-order valence-corrected chi connectivity index (χ4v) is 5.29. The first-order valence-corrected chi connectivity index (χ1v) is 10.8. The number of rotatable bonds is 7. The van der Waals surface area contributed by atoms with Crippen molar-refractivity contribution < 1.29 is 22.8 Å². The first kappa shape index (κ1) is 20.2. The maximum absolute atomic E-state index is 12.9. The number of quaternary nitrogens is 1. The van der Waals surface area contributed by atoms with Gasteiger partial charge >= 0.3 is 5.97 Å². The Bertz CT molecular complexity index is 673.